The van der Waals surface area contributed by atoms with E-state index in [1.165, 1.54) is 5.56 Å². The molecule has 2 N–H and O–H groups in total. The lowest BCUT2D eigenvalue weighted by Crippen LogP contribution is -2.12. The van der Waals surface area contributed by atoms with Gasteiger partial charge >= 0.3 is 0 Å². The maximum absolute atomic E-state index is 10.9. The highest BCUT2D eigenvalue weighted by molar-refractivity contribution is 5.57. The quantitative estimate of drug-likeness (QED) is 0.484. The minimum absolute atomic E-state index is 0.0676. The van der Waals surface area contributed by atoms with Crippen LogP contribution < -0.4 is 0 Å². The van der Waals surface area contributed by atoms with E-state index in [-0.39, 0.29) is 11.3 Å². The Kier molecular flexibility index (Phi) is 5.49. The maximum Gasteiger partial charge on any atom is 0.122 e. The highest BCUT2D eigenvalue weighted by Gasteiger charge is 2.25. The van der Waals surface area contributed by atoms with E-state index < -0.39 is 0 Å². The lowest BCUT2D eigenvalue weighted by atomic mass is 9.80. The smallest absolute Gasteiger partial charge is 0.122 e. The van der Waals surface area contributed by atoms with Crippen LogP contribution in [0.3, 0.4) is 0 Å². The van der Waals surface area contributed by atoms with Gasteiger partial charge in [0.1, 0.15) is 11.5 Å². The van der Waals surface area contributed by atoms with Gasteiger partial charge in [-0.2, -0.15) is 0 Å². The number of rotatable bonds is 3. The average Bonchev–Trinajstić information content (AvgIpc) is 2.63. The van der Waals surface area contributed by atoms with Crippen LogP contribution in [0.1, 0.15) is 71.2 Å². The summed E-state index contributed by atoms with van der Waals surface area (Å²) in [5, 5.41) is 21.9. The topological polar surface area (TPSA) is 40.5 Å². The first-order chi connectivity index (χ1) is 13.5. The molecule has 3 aromatic rings. The molecule has 0 radical (unpaired) electrons. The van der Waals surface area contributed by atoms with Crippen LogP contribution in [0.5, 0.6) is 11.5 Å². The van der Waals surface area contributed by atoms with Crippen molar-refractivity contribution in [3.8, 4) is 11.5 Å². The van der Waals surface area contributed by atoms with E-state index in [2.05, 4.69) is 45.0 Å². The molecule has 0 saturated carbocycles. The predicted octanol–water partition coefficient (Wildman–Crippen LogP) is 6.81. The van der Waals surface area contributed by atoms with Crippen LogP contribution in [-0.4, -0.2) is 10.2 Å². The summed E-state index contributed by atoms with van der Waals surface area (Å²) in [6, 6.07) is 16.6. The highest BCUT2D eigenvalue weighted by Crippen LogP contribution is 2.43. The van der Waals surface area contributed by atoms with Gasteiger partial charge in [-0.15, -0.1) is 0 Å². The molecule has 3 aromatic carbocycles. The monoisotopic (exact) mass is 388 g/mol. The van der Waals surface area contributed by atoms with Gasteiger partial charge < -0.3 is 10.2 Å². The molecule has 0 aliphatic rings. The number of aryl methyl sites for hydroxylation is 4. The van der Waals surface area contributed by atoms with Gasteiger partial charge in [-0.1, -0.05) is 80.4 Å². The van der Waals surface area contributed by atoms with Gasteiger partial charge in [-0.05, 0) is 55.4 Å². The first-order valence-electron chi connectivity index (χ1n) is 10.2. The minimum Gasteiger partial charge on any atom is -0.507 e. The summed E-state index contributed by atoms with van der Waals surface area (Å²) in [6.07, 6.45) is 0. The number of hydrogen-bond acceptors (Lipinski definition) is 2. The van der Waals surface area contributed by atoms with Crippen molar-refractivity contribution in [1.82, 2.24) is 0 Å². The molecule has 2 heteroatoms. The maximum atomic E-state index is 10.9. The Labute approximate surface area is 174 Å². The standard InChI is InChI=1S/C27H32O2/c1-16-12-18(3)25(28)22(14-16)24(23-15-17(2)13-19(4)26(23)29)20-8-10-21(11-9-20)27(5,6)7/h8-15,24,28-29H,1-7H3. The number of aromatic hydroxyl groups is 2. The van der Waals surface area contributed by atoms with E-state index in [1.54, 1.807) is 0 Å². The van der Waals surface area contributed by atoms with Crippen molar-refractivity contribution < 1.29 is 10.2 Å². The Morgan fingerprint density at radius 2 is 1.07 bits per heavy atom. The van der Waals surface area contributed by atoms with Crippen LogP contribution in [0.4, 0.5) is 0 Å². The summed E-state index contributed by atoms with van der Waals surface area (Å²) >= 11 is 0. The van der Waals surface area contributed by atoms with Crippen molar-refractivity contribution in [2.45, 2.75) is 59.8 Å². The molecule has 0 heterocycles. The van der Waals surface area contributed by atoms with Gasteiger partial charge in [0.05, 0.1) is 0 Å². The summed E-state index contributed by atoms with van der Waals surface area (Å²) in [5.74, 6) is 0.333. The third kappa shape index (κ3) is 4.17. The van der Waals surface area contributed by atoms with E-state index in [1.807, 2.05) is 52.0 Å². The molecule has 0 aliphatic heterocycles. The van der Waals surface area contributed by atoms with Gasteiger partial charge in [-0.25, -0.2) is 0 Å². The van der Waals surface area contributed by atoms with Crippen LogP contribution in [0.2, 0.25) is 0 Å². The van der Waals surface area contributed by atoms with Gasteiger partial charge in [0.25, 0.3) is 0 Å². The molecule has 0 atom stereocenters. The first-order valence-corrected chi connectivity index (χ1v) is 10.2. The number of phenolic OH excluding ortho intramolecular Hbond substituents is 2. The second kappa shape index (κ2) is 7.59. The SMILES string of the molecule is Cc1cc(C)c(O)c(C(c2ccc(C(C)(C)C)cc2)c2cc(C)cc(C)c2O)c1. The third-order valence-corrected chi connectivity index (χ3v) is 5.68. The van der Waals surface area contributed by atoms with Crippen LogP contribution in [0.15, 0.2) is 48.5 Å². The van der Waals surface area contributed by atoms with Crippen molar-refractivity contribution in [1.29, 1.82) is 0 Å². The highest BCUT2D eigenvalue weighted by atomic mass is 16.3. The van der Waals surface area contributed by atoms with Crippen molar-refractivity contribution in [3.05, 3.63) is 93.0 Å². The van der Waals surface area contributed by atoms with E-state index in [4.69, 9.17) is 0 Å². The second-order valence-corrected chi connectivity index (χ2v) is 9.34. The minimum atomic E-state index is -0.249. The molecular weight excluding hydrogens is 356 g/mol. The summed E-state index contributed by atoms with van der Waals surface area (Å²) < 4.78 is 0. The van der Waals surface area contributed by atoms with Crippen LogP contribution in [0, 0.1) is 27.7 Å². The summed E-state index contributed by atoms with van der Waals surface area (Å²) in [4.78, 5) is 0. The molecular formula is C27H32O2. The second-order valence-electron chi connectivity index (χ2n) is 9.34. The molecule has 0 spiro atoms. The van der Waals surface area contributed by atoms with Crippen molar-refractivity contribution >= 4 is 0 Å². The predicted molar refractivity (Wildman–Crippen MR) is 121 cm³/mol. The average molecular weight is 389 g/mol. The zero-order valence-electron chi connectivity index (χ0n) is 18.6. The molecule has 0 bridgehead atoms. The van der Waals surface area contributed by atoms with E-state index >= 15 is 0 Å². The molecule has 0 aliphatic carbocycles. The summed E-state index contributed by atoms with van der Waals surface area (Å²) in [6.45, 7) is 14.5. The van der Waals surface area contributed by atoms with Crippen LogP contribution in [-0.2, 0) is 5.41 Å². The normalized spacial score (nSPS) is 11.9. The number of hydrogen-bond donors (Lipinski definition) is 2. The van der Waals surface area contributed by atoms with Crippen molar-refractivity contribution in [2.24, 2.45) is 0 Å². The molecule has 0 unspecified atom stereocenters. The van der Waals surface area contributed by atoms with Gasteiger partial charge in [0, 0.05) is 17.0 Å². The van der Waals surface area contributed by atoms with E-state index in [9.17, 15) is 10.2 Å². The van der Waals surface area contributed by atoms with Crippen LogP contribution in [0.25, 0.3) is 0 Å². The largest absolute Gasteiger partial charge is 0.507 e. The fourth-order valence-corrected chi connectivity index (χ4v) is 4.13. The first kappa shape index (κ1) is 21.0. The Morgan fingerprint density at radius 3 is 1.45 bits per heavy atom. The number of phenols is 2. The van der Waals surface area contributed by atoms with Crippen molar-refractivity contribution in [2.75, 3.05) is 0 Å². The molecule has 2 nitrogen and oxygen atoms in total. The molecule has 152 valence electrons. The van der Waals surface area contributed by atoms with Gasteiger partial charge in [0.15, 0.2) is 0 Å². The molecule has 0 amide bonds. The summed E-state index contributed by atoms with van der Waals surface area (Å²) in [5.41, 5.74) is 7.91. The third-order valence-electron chi connectivity index (χ3n) is 5.68. The lowest BCUT2D eigenvalue weighted by Gasteiger charge is -2.25. The molecule has 3 rings (SSSR count). The van der Waals surface area contributed by atoms with Gasteiger partial charge in [0.2, 0.25) is 0 Å². The summed E-state index contributed by atoms with van der Waals surface area (Å²) in [7, 11) is 0. The van der Waals surface area contributed by atoms with Crippen LogP contribution >= 0.6 is 0 Å². The van der Waals surface area contributed by atoms with Crippen molar-refractivity contribution in [3.63, 3.8) is 0 Å². The molecule has 0 saturated heterocycles. The Morgan fingerprint density at radius 1 is 0.655 bits per heavy atom. The van der Waals surface area contributed by atoms with Gasteiger partial charge in [-0.3, -0.25) is 0 Å². The zero-order valence-corrected chi connectivity index (χ0v) is 18.6. The molecule has 0 aromatic heterocycles. The zero-order chi connectivity index (χ0) is 21.5. The Balaban J connectivity index is 2.29. The molecule has 29 heavy (non-hydrogen) atoms. The van der Waals surface area contributed by atoms with E-state index in [0.717, 1.165) is 38.9 Å². The lowest BCUT2D eigenvalue weighted by molar-refractivity contribution is 0.454. The Bertz CT molecular complexity index is 980. The van der Waals surface area contributed by atoms with E-state index in [0.29, 0.717) is 11.5 Å². The number of benzene rings is 3. The Hall–Kier alpha value is -2.74. The fraction of sp³-hybridized carbons (Fsp3) is 0.333. The fourth-order valence-electron chi connectivity index (χ4n) is 4.13. The molecule has 0 fully saturated rings.